The third-order valence-corrected chi connectivity index (χ3v) is 5.45. The molecule has 0 unspecified atom stereocenters. The molecule has 0 spiro atoms. The quantitative estimate of drug-likeness (QED) is 0.216. The average Bonchev–Trinajstić information content (AvgIpc) is 2.74. The second-order valence-corrected chi connectivity index (χ2v) is 7.59. The van der Waals surface area contributed by atoms with Gasteiger partial charge in [0.05, 0.1) is 23.3 Å². The fourth-order valence-corrected chi connectivity index (χ4v) is 3.83. The molecule has 0 fully saturated rings. The molecule has 0 atom stereocenters. The Kier molecular flexibility index (Phi) is 5.82. The first-order valence-electron chi connectivity index (χ1n) is 9.36. The lowest BCUT2D eigenvalue weighted by Crippen LogP contribution is -2.03. The van der Waals surface area contributed by atoms with E-state index in [1.807, 2.05) is 24.3 Å². The summed E-state index contributed by atoms with van der Waals surface area (Å²) in [6, 6.07) is 13.9. The van der Waals surface area contributed by atoms with E-state index in [9.17, 15) is 9.90 Å². The van der Waals surface area contributed by atoms with Crippen LogP contribution in [0.1, 0.15) is 12.0 Å². The zero-order chi connectivity index (χ0) is 21.3. The number of halogens is 2. The van der Waals surface area contributed by atoms with Crippen molar-refractivity contribution in [2.24, 2.45) is 0 Å². The highest BCUT2D eigenvalue weighted by atomic mass is 35.5. The van der Waals surface area contributed by atoms with E-state index in [-0.39, 0.29) is 17.1 Å². The molecule has 152 valence electrons. The van der Waals surface area contributed by atoms with Gasteiger partial charge in [0, 0.05) is 28.6 Å². The van der Waals surface area contributed by atoms with E-state index in [2.05, 4.69) is 6.58 Å². The maximum Gasteiger partial charge on any atom is 0.200 e. The van der Waals surface area contributed by atoms with Crippen molar-refractivity contribution in [2.45, 2.75) is 13.0 Å². The first-order chi connectivity index (χ1) is 14.5. The summed E-state index contributed by atoms with van der Waals surface area (Å²) in [6.07, 6.45) is 2.44. The summed E-state index contributed by atoms with van der Waals surface area (Å²) in [6.45, 7) is 3.97. The van der Waals surface area contributed by atoms with Crippen LogP contribution in [0.2, 0.25) is 10.0 Å². The van der Waals surface area contributed by atoms with Crippen molar-refractivity contribution >= 4 is 34.2 Å². The van der Waals surface area contributed by atoms with Crippen LogP contribution in [0.25, 0.3) is 33.4 Å². The van der Waals surface area contributed by atoms with E-state index < -0.39 is 0 Å². The predicted octanol–water partition coefficient (Wildman–Crippen LogP) is 6.32. The molecule has 0 amide bonds. The largest absolute Gasteiger partial charge is 0.492 e. The van der Waals surface area contributed by atoms with E-state index >= 15 is 0 Å². The number of hydrogen-bond acceptors (Lipinski definition) is 4. The van der Waals surface area contributed by atoms with Crippen LogP contribution >= 0.6 is 23.2 Å². The van der Waals surface area contributed by atoms with E-state index in [4.69, 9.17) is 32.4 Å². The summed E-state index contributed by atoms with van der Waals surface area (Å²) in [5, 5.41) is 11.1. The number of hydrogen-bond donors (Lipinski definition) is 1. The fraction of sp³-hybridized carbons (Fsp3) is 0.125. The van der Waals surface area contributed by atoms with Gasteiger partial charge in [-0.05, 0) is 29.7 Å². The van der Waals surface area contributed by atoms with Crippen LogP contribution in [0.3, 0.4) is 0 Å². The van der Waals surface area contributed by atoms with Gasteiger partial charge in [0.15, 0.2) is 0 Å². The number of aliphatic hydroxyl groups excluding tert-OH is 1. The fourth-order valence-electron chi connectivity index (χ4n) is 3.45. The maximum absolute atomic E-state index is 12.1. The van der Waals surface area contributed by atoms with E-state index in [0.29, 0.717) is 40.7 Å². The van der Waals surface area contributed by atoms with E-state index in [1.165, 1.54) is 6.07 Å². The highest BCUT2D eigenvalue weighted by Crippen LogP contribution is 2.44. The van der Waals surface area contributed by atoms with Gasteiger partial charge in [-0.2, -0.15) is 0 Å². The molecule has 2 aromatic carbocycles. The lowest BCUT2D eigenvalue weighted by molar-refractivity contribution is 0.282. The second kappa shape index (κ2) is 8.52. The first kappa shape index (κ1) is 20.5. The molecule has 4 nitrogen and oxygen atoms in total. The van der Waals surface area contributed by atoms with Gasteiger partial charge in [0.25, 0.3) is 0 Å². The van der Waals surface area contributed by atoms with Gasteiger partial charge in [-0.3, -0.25) is 4.79 Å². The Bertz CT molecular complexity index is 1280. The van der Waals surface area contributed by atoms with Gasteiger partial charge >= 0.3 is 0 Å². The highest BCUT2D eigenvalue weighted by Gasteiger charge is 2.22. The summed E-state index contributed by atoms with van der Waals surface area (Å²) in [4.78, 5) is 12.1. The van der Waals surface area contributed by atoms with Crippen molar-refractivity contribution in [3.05, 3.63) is 87.0 Å². The Hall–Kier alpha value is -2.79. The monoisotopic (exact) mass is 440 g/mol. The molecule has 30 heavy (non-hydrogen) atoms. The van der Waals surface area contributed by atoms with Gasteiger partial charge in [-0.15, -0.1) is 6.58 Å². The molecule has 0 saturated heterocycles. The molecular weight excluding hydrogens is 423 g/mol. The minimum absolute atomic E-state index is 0.0928. The van der Waals surface area contributed by atoms with Gasteiger partial charge in [0.2, 0.25) is 5.43 Å². The third kappa shape index (κ3) is 3.70. The minimum Gasteiger partial charge on any atom is -0.492 e. The summed E-state index contributed by atoms with van der Waals surface area (Å²) in [5.74, 6) is 0.867. The molecule has 1 aliphatic heterocycles. The van der Waals surface area contributed by atoms with Crippen molar-refractivity contribution in [2.75, 3.05) is 6.61 Å². The Balaban J connectivity index is 2.08. The van der Waals surface area contributed by atoms with Crippen molar-refractivity contribution < 1.29 is 14.3 Å². The smallest absolute Gasteiger partial charge is 0.200 e. The molecule has 0 bridgehead atoms. The van der Waals surface area contributed by atoms with Crippen molar-refractivity contribution in [3.8, 4) is 28.2 Å². The molecule has 0 radical (unpaired) electrons. The predicted molar refractivity (Wildman–Crippen MR) is 121 cm³/mol. The van der Waals surface area contributed by atoms with Crippen LogP contribution in [0.5, 0.6) is 5.75 Å². The summed E-state index contributed by atoms with van der Waals surface area (Å²) in [7, 11) is 0. The highest BCUT2D eigenvalue weighted by molar-refractivity contribution is 6.33. The van der Waals surface area contributed by atoms with Crippen LogP contribution in [0.15, 0.2) is 70.4 Å². The molecule has 2 aliphatic rings. The van der Waals surface area contributed by atoms with Gasteiger partial charge in [-0.25, -0.2) is 0 Å². The van der Waals surface area contributed by atoms with E-state index in [1.54, 1.807) is 24.3 Å². The average molecular weight is 441 g/mol. The molecule has 2 aromatic rings. The van der Waals surface area contributed by atoms with Gasteiger partial charge < -0.3 is 14.3 Å². The normalized spacial score (nSPS) is 11.2. The van der Waals surface area contributed by atoms with Crippen molar-refractivity contribution in [3.63, 3.8) is 0 Å². The molecule has 1 aliphatic carbocycles. The van der Waals surface area contributed by atoms with Crippen LogP contribution in [0.4, 0.5) is 0 Å². The Morgan fingerprint density at radius 3 is 2.63 bits per heavy atom. The number of rotatable bonds is 6. The zero-order valence-corrected chi connectivity index (χ0v) is 17.5. The minimum atomic E-state index is -0.329. The summed E-state index contributed by atoms with van der Waals surface area (Å²) in [5.41, 5.74) is 3.14. The number of benzene rings is 3. The molecular formula is C24H18Cl2O4. The molecule has 1 N–H and O–H groups in total. The third-order valence-electron chi connectivity index (χ3n) is 4.86. The maximum atomic E-state index is 12.1. The number of aliphatic hydroxyl groups is 1. The number of fused-ring (bicyclic) bond motifs is 2. The molecule has 6 heteroatoms. The van der Waals surface area contributed by atoms with Crippen LogP contribution in [-0.2, 0) is 6.61 Å². The van der Waals surface area contributed by atoms with Gasteiger partial charge in [0.1, 0.15) is 17.1 Å². The Morgan fingerprint density at radius 1 is 1.07 bits per heavy atom. The Morgan fingerprint density at radius 2 is 1.87 bits per heavy atom. The van der Waals surface area contributed by atoms with Crippen molar-refractivity contribution in [1.29, 1.82) is 0 Å². The van der Waals surface area contributed by atoms with Crippen LogP contribution in [0, 0.1) is 0 Å². The molecule has 1 heterocycles. The first-order valence-corrected chi connectivity index (χ1v) is 10.1. The van der Waals surface area contributed by atoms with Crippen molar-refractivity contribution in [1.82, 2.24) is 0 Å². The summed E-state index contributed by atoms with van der Waals surface area (Å²) < 4.78 is 11.8. The Labute approximate surface area is 183 Å². The zero-order valence-electron chi connectivity index (χ0n) is 16.0. The molecule has 4 rings (SSSR count). The second-order valence-electron chi connectivity index (χ2n) is 6.78. The standard InChI is InChI=1S/C24H18Cl2O4/c1-2-3-8-29-23-12-22-17(10-19(23)26)24(15-7-5-4-6-14(15)13-27)16-9-18(25)20(28)11-21(16)30-22/h2,4-7,9-12,27H,1,3,8,13H2. The molecule has 0 saturated carbocycles. The van der Waals surface area contributed by atoms with Crippen LogP contribution < -0.4 is 10.2 Å². The topological polar surface area (TPSA) is 59.7 Å². The lowest BCUT2D eigenvalue weighted by Gasteiger charge is -2.18. The van der Waals surface area contributed by atoms with Crippen LogP contribution in [-0.4, -0.2) is 11.7 Å². The van der Waals surface area contributed by atoms with E-state index in [0.717, 1.165) is 22.1 Å². The molecule has 0 aromatic heterocycles. The lowest BCUT2D eigenvalue weighted by atomic mass is 9.91. The van der Waals surface area contributed by atoms with Gasteiger partial charge in [-0.1, -0.05) is 53.5 Å². The summed E-state index contributed by atoms with van der Waals surface area (Å²) >= 11 is 12.6. The SMILES string of the molecule is C=CCCOc1cc2oc3cc(=O)c(Cl)cc-3c(-c3ccccc3CO)c2cc1Cl. The number of ether oxygens (including phenoxy) is 1.